The van der Waals surface area contributed by atoms with Gasteiger partial charge in [-0.15, -0.1) is 5.10 Å². The van der Waals surface area contributed by atoms with Crippen molar-refractivity contribution in [2.24, 2.45) is 0 Å². The van der Waals surface area contributed by atoms with Gasteiger partial charge in [0.1, 0.15) is 29.5 Å². The van der Waals surface area contributed by atoms with Gasteiger partial charge in [-0.2, -0.15) is 5.26 Å². The van der Waals surface area contributed by atoms with E-state index in [0.29, 0.717) is 31.9 Å². The number of carbonyl (C=O) groups is 1. The number of hydrogen-bond donors (Lipinski definition) is 1. The lowest BCUT2D eigenvalue weighted by atomic mass is 10.1. The van der Waals surface area contributed by atoms with E-state index in [4.69, 9.17) is 14.7 Å². The molecule has 3 rings (SSSR count). The third kappa shape index (κ3) is 4.47. The number of ether oxygens (including phenoxy) is 2. The van der Waals surface area contributed by atoms with Crippen molar-refractivity contribution in [1.82, 2.24) is 25.0 Å². The van der Waals surface area contributed by atoms with Gasteiger partial charge >= 0.3 is 6.03 Å². The van der Waals surface area contributed by atoms with E-state index in [1.54, 1.807) is 12.0 Å². The van der Waals surface area contributed by atoms with Gasteiger partial charge in [0.15, 0.2) is 0 Å². The lowest BCUT2D eigenvalue weighted by molar-refractivity contribution is 0.0805. The van der Waals surface area contributed by atoms with E-state index in [0.717, 1.165) is 11.3 Å². The highest BCUT2D eigenvalue weighted by Crippen LogP contribution is 2.32. The molecule has 27 heavy (non-hydrogen) atoms. The number of aromatic nitrogens is 3. The van der Waals surface area contributed by atoms with E-state index in [2.05, 4.69) is 15.4 Å². The molecule has 0 atom stereocenters. The van der Waals surface area contributed by atoms with Crippen molar-refractivity contribution in [2.75, 3.05) is 20.2 Å². The van der Waals surface area contributed by atoms with Crippen molar-refractivity contribution in [3.63, 3.8) is 0 Å². The maximum atomic E-state index is 12.7. The lowest BCUT2D eigenvalue weighted by Crippen LogP contribution is -2.47. The number of nitrogens with zero attached hydrogens (tertiary/aromatic N) is 5. The fourth-order valence-electron chi connectivity index (χ4n) is 2.92. The molecule has 2 aromatic rings. The molecule has 1 aliphatic heterocycles. The Morgan fingerprint density at radius 3 is 3.00 bits per heavy atom. The Morgan fingerprint density at radius 2 is 2.30 bits per heavy atom. The van der Waals surface area contributed by atoms with Crippen LogP contribution in [0.2, 0.25) is 0 Å². The normalized spacial score (nSPS) is 15.1. The molecule has 0 unspecified atom stereocenters. The van der Waals surface area contributed by atoms with Crippen molar-refractivity contribution >= 4 is 6.03 Å². The monoisotopic (exact) mass is 370 g/mol. The van der Waals surface area contributed by atoms with E-state index in [1.807, 2.05) is 38.1 Å². The number of urea groups is 1. The van der Waals surface area contributed by atoms with Crippen LogP contribution in [0.25, 0.3) is 0 Å². The van der Waals surface area contributed by atoms with E-state index in [-0.39, 0.29) is 11.9 Å². The zero-order valence-corrected chi connectivity index (χ0v) is 15.6. The van der Waals surface area contributed by atoms with Gasteiger partial charge < -0.3 is 19.7 Å². The van der Waals surface area contributed by atoms with Gasteiger partial charge in [-0.25, -0.2) is 14.5 Å². The summed E-state index contributed by atoms with van der Waals surface area (Å²) in [5, 5.41) is 15.6. The Labute approximate surface area is 157 Å². The van der Waals surface area contributed by atoms with Crippen LogP contribution < -0.4 is 14.8 Å². The van der Waals surface area contributed by atoms with Gasteiger partial charge in [-0.05, 0) is 26.0 Å². The summed E-state index contributed by atoms with van der Waals surface area (Å²) < 4.78 is 12.9. The van der Waals surface area contributed by atoms with Gasteiger partial charge in [-0.3, -0.25) is 0 Å². The van der Waals surface area contributed by atoms with Gasteiger partial charge in [0, 0.05) is 18.2 Å². The largest absolute Gasteiger partial charge is 0.497 e. The highest BCUT2D eigenvalue weighted by molar-refractivity contribution is 5.74. The first-order valence-electron chi connectivity index (χ1n) is 8.58. The van der Waals surface area contributed by atoms with Crippen LogP contribution in [0.15, 0.2) is 24.5 Å². The second-order valence-corrected chi connectivity index (χ2v) is 6.87. The summed E-state index contributed by atoms with van der Waals surface area (Å²) in [6.07, 6.45) is 1.47. The Kier molecular flexibility index (Phi) is 5.16. The van der Waals surface area contributed by atoms with Crippen molar-refractivity contribution in [3.8, 4) is 17.6 Å². The number of methoxy groups -OCH3 is 1. The molecule has 0 saturated carbocycles. The number of fused-ring (bicyclic) bond motifs is 1. The summed E-state index contributed by atoms with van der Waals surface area (Å²) in [6, 6.07) is 7.30. The quantitative estimate of drug-likeness (QED) is 0.875. The fourth-order valence-corrected chi connectivity index (χ4v) is 2.92. The first-order chi connectivity index (χ1) is 12.9. The average Bonchev–Trinajstić information content (AvgIpc) is 3.04. The lowest BCUT2D eigenvalue weighted by Gasteiger charge is -2.29. The highest BCUT2D eigenvalue weighted by Gasteiger charge is 2.31. The van der Waals surface area contributed by atoms with Crippen LogP contribution in [0.1, 0.15) is 25.2 Å². The second-order valence-electron chi connectivity index (χ2n) is 6.87. The van der Waals surface area contributed by atoms with Crippen LogP contribution in [0, 0.1) is 11.3 Å². The minimum Gasteiger partial charge on any atom is -0.497 e. The smallest absolute Gasteiger partial charge is 0.317 e. The molecule has 9 heteroatoms. The van der Waals surface area contributed by atoms with Gasteiger partial charge in [-0.1, -0.05) is 0 Å². The molecule has 0 fully saturated rings. The van der Waals surface area contributed by atoms with Gasteiger partial charge in [0.05, 0.1) is 26.7 Å². The first-order valence-corrected chi connectivity index (χ1v) is 8.58. The summed E-state index contributed by atoms with van der Waals surface area (Å²) >= 11 is 0. The topological polar surface area (TPSA) is 105 Å². The predicted molar refractivity (Wildman–Crippen MR) is 96.2 cm³/mol. The molecular formula is C18H22N6O3. The molecule has 1 aromatic carbocycles. The summed E-state index contributed by atoms with van der Waals surface area (Å²) in [7, 11) is 1.61. The molecule has 1 aromatic heterocycles. The van der Waals surface area contributed by atoms with Gasteiger partial charge in [0.2, 0.25) is 0 Å². The minimum absolute atomic E-state index is 0.111. The molecule has 142 valence electrons. The number of nitrogens with one attached hydrogen (secondary N) is 1. The maximum absolute atomic E-state index is 12.7. The molecule has 9 nitrogen and oxygen atoms in total. The number of nitriles is 1. The molecule has 1 N–H and O–H groups in total. The van der Waals surface area contributed by atoms with E-state index >= 15 is 0 Å². The van der Waals surface area contributed by atoms with Crippen molar-refractivity contribution < 1.29 is 14.3 Å². The van der Waals surface area contributed by atoms with E-state index in [1.165, 1.54) is 11.0 Å². The Morgan fingerprint density at radius 1 is 1.48 bits per heavy atom. The third-order valence-corrected chi connectivity index (χ3v) is 4.13. The minimum atomic E-state index is -0.539. The molecule has 0 bridgehead atoms. The fraction of sp³-hybridized carbons (Fsp3) is 0.444. The molecular weight excluding hydrogens is 348 g/mol. The standard InChI is InChI=1S/C18H22N6O3/c1-18(2)11-23(10-13-4-5-14(26-3)8-15(13)27-18)17(25)20-6-7-24-12-21-16(9-19)22-24/h4-5,8,12H,6-7,10-11H2,1-3H3,(H,20,25). The Balaban J connectivity index is 1.65. The number of rotatable bonds is 4. The molecule has 2 heterocycles. The van der Waals surface area contributed by atoms with Gasteiger partial charge in [0.25, 0.3) is 5.82 Å². The van der Waals surface area contributed by atoms with Crippen LogP contribution in [-0.2, 0) is 13.1 Å². The number of amides is 2. The van der Waals surface area contributed by atoms with E-state index < -0.39 is 5.60 Å². The molecule has 0 radical (unpaired) electrons. The van der Waals surface area contributed by atoms with Crippen LogP contribution in [0.4, 0.5) is 4.79 Å². The summed E-state index contributed by atoms with van der Waals surface area (Å²) in [4.78, 5) is 18.2. The van der Waals surface area contributed by atoms with Crippen LogP contribution in [0.5, 0.6) is 11.5 Å². The number of hydrogen-bond acceptors (Lipinski definition) is 6. The average molecular weight is 370 g/mol. The number of carbonyl (C=O) groups excluding carboxylic acids is 1. The molecule has 0 spiro atoms. The molecule has 2 amide bonds. The summed E-state index contributed by atoms with van der Waals surface area (Å²) in [5.41, 5.74) is 0.384. The molecule has 1 aliphatic rings. The Hall–Kier alpha value is -3.28. The van der Waals surface area contributed by atoms with Crippen LogP contribution in [0.3, 0.4) is 0 Å². The maximum Gasteiger partial charge on any atom is 0.317 e. The first kappa shape index (κ1) is 18.5. The second kappa shape index (κ2) is 7.53. The van der Waals surface area contributed by atoms with Crippen molar-refractivity contribution in [3.05, 3.63) is 35.9 Å². The SMILES string of the molecule is COc1ccc2c(c1)OC(C)(C)CN(C(=O)NCCn1cnc(C#N)n1)C2. The summed E-state index contributed by atoms with van der Waals surface area (Å²) in [6.45, 7) is 5.58. The van der Waals surface area contributed by atoms with Crippen molar-refractivity contribution in [1.29, 1.82) is 5.26 Å². The zero-order chi connectivity index (χ0) is 19.4. The third-order valence-electron chi connectivity index (χ3n) is 4.13. The van der Waals surface area contributed by atoms with Crippen LogP contribution >= 0.6 is 0 Å². The molecule has 0 aliphatic carbocycles. The zero-order valence-electron chi connectivity index (χ0n) is 15.6. The van der Waals surface area contributed by atoms with E-state index in [9.17, 15) is 4.79 Å². The predicted octanol–water partition coefficient (Wildman–Crippen LogP) is 1.54. The highest BCUT2D eigenvalue weighted by atomic mass is 16.5. The number of benzene rings is 1. The molecule has 0 saturated heterocycles. The summed E-state index contributed by atoms with van der Waals surface area (Å²) in [5.74, 6) is 1.55. The van der Waals surface area contributed by atoms with Crippen molar-refractivity contribution in [2.45, 2.75) is 32.5 Å². The van der Waals surface area contributed by atoms with Crippen LogP contribution in [-0.4, -0.2) is 51.5 Å². The Bertz CT molecular complexity index is 870.